The molecule has 0 saturated heterocycles. The number of hydrogen-bond donors (Lipinski definition) is 1. The monoisotopic (exact) mass is 271 g/mol. The second-order valence-corrected chi connectivity index (χ2v) is 5.07. The Morgan fingerprint density at radius 1 is 1.33 bits per heavy atom. The van der Waals surface area contributed by atoms with Crippen LogP contribution in [0.5, 0.6) is 0 Å². The summed E-state index contributed by atoms with van der Waals surface area (Å²) in [6.07, 6.45) is -0.497. The lowest BCUT2D eigenvalue weighted by Gasteiger charge is -2.30. The van der Waals surface area contributed by atoms with Gasteiger partial charge in [0.1, 0.15) is 0 Å². The van der Waals surface area contributed by atoms with E-state index in [-0.39, 0.29) is 0 Å². The number of rotatable bonds is 6. The van der Waals surface area contributed by atoms with Crippen LogP contribution in [0.4, 0.5) is 5.69 Å². The maximum atomic E-state index is 9.54. The van der Waals surface area contributed by atoms with Crippen molar-refractivity contribution in [2.75, 3.05) is 25.2 Å². The van der Waals surface area contributed by atoms with Gasteiger partial charge in [0.05, 0.1) is 23.4 Å². The van der Waals surface area contributed by atoms with Crippen LogP contribution in [0.2, 0.25) is 5.02 Å². The molecule has 1 atom stereocenters. The Hall–Kier alpha value is -0.770. The summed E-state index contributed by atoms with van der Waals surface area (Å²) in [5.41, 5.74) is 1.81. The number of halogens is 1. The van der Waals surface area contributed by atoms with E-state index in [2.05, 4.69) is 18.7 Å². The number of hydrogen-bond acceptors (Lipinski definition) is 3. The molecule has 1 rings (SSSR count). The molecule has 0 heterocycles. The summed E-state index contributed by atoms with van der Waals surface area (Å²) < 4.78 is 5.12. The molecule has 0 saturated carbocycles. The van der Waals surface area contributed by atoms with E-state index in [9.17, 15) is 5.11 Å². The second-order valence-electron chi connectivity index (χ2n) is 4.67. The lowest BCUT2D eigenvalue weighted by atomic mass is 10.1. The first-order valence-corrected chi connectivity index (χ1v) is 6.58. The molecule has 0 fully saturated rings. The van der Waals surface area contributed by atoms with Crippen LogP contribution in [0.25, 0.3) is 0 Å². The van der Waals surface area contributed by atoms with Gasteiger partial charge in [-0.3, -0.25) is 0 Å². The number of anilines is 1. The first kappa shape index (κ1) is 15.3. The van der Waals surface area contributed by atoms with Crippen molar-refractivity contribution in [2.45, 2.75) is 32.9 Å². The molecule has 0 aliphatic carbocycles. The van der Waals surface area contributed by atoms with Crippen molar-refractivity contribution >= 4 is 17.3 Å². The highest BCUT2D eigenvalue weighted by Crippen LogP contribution is 2.30. The molecule has 0 bridgehead atoms. The van der Waals surface area contributed by atoms with Crippen LogP contribution in [0.15, 0.2) is 18.2 Å². The Morgan fingerprint density at radius 3 is 2.44 bits per heavy atom. The lowest BCUT2D eigenvalue weighted by Crippen LogP contribution is -2.34. The highest BCUT2D eigenvalue weighted by atomic mass is 35.5. The number of aliphatic hydroxyl groups excluding tert-OH is 1. The molecule has 0 aromatic heterocycles. The third kappa shape index (κ3) is 3.87. The first-order chi connectivity index (χ1) is 8.47. The predicted octanol–water partition coefficient (Wildman–Crippen LogP) is 3.25. The minimum Gasteiger partial charge on any atom is -0.389 e. The minimum absolute atomic E-state index is 0.343. The smallest absolute Gasteiger partial charge is 0.0762 e. The van der Waals surface area contributed by atoms with Gasteiger partial charge in [-0.15, -0.1) is 0 Å². The van der Waals surface area contributed by atoms with Crippen LogP contribution in [0.3, 0.4) is 0 Å². The quantitative estimate of drug-likeness (QED) is 0.862. The van der Waals surface area contributed by atoms with Crippen molar-refractivity contribution in [3.8, 4) is 0 Å². The number of ether oxygens (including phenoxy) is 1. The Morgan fingerprint density at radius 2 is 2.00 bits per heavy atom. The van der Waals surface area contributed by atoms with Crippen LogP contribution < -0.4 is 4.90 Å². The SMILES string of the molecule is COCCN(c1ccc(C(C)O)cc1Cl)C(C)C. The average Bonchev–Trinajstić information content (AvgIpc) is 2.30. The molecular formula is C14H22ClNO2. The Bertz CT molecular complexity index is 380. The molecule has 1 aromatic rings. The van der Waals surface area contributed by atoms with E-state index < -0.39 is 6.10 Å². The van der Waals surface area contributed by atoms with Crippen molar-refractivity contribution in [1.82, 2.24) is 0 Å². The Labute approximate surface area is 114 Å². The largest absolute Gasteiger partial charge is 0.389 e. The van der Waals surface area contributed by atoms with E-state index in [1.54, 1.807) is 14.0 Å². The zero-order valence-corrected chi connectivity index (χ0v) is 12.2. The molecule has 0 spiro atoms. The molecule has 0 aliphatic rings. The van der Waals surface area contributed by atoms with E-state index in [4.69, 9.17) is 16.3 Å². The fraction of sp³-hybridized carbons (Fsp3) is 0.571. The van der Waals surface area contributed by atoms with Gasteiger partial charge >= 0.3 is 0 Å². The zero-order valence-electron chi connectivity index (χ0n) is 11.5. The summed E-state index contributed by atoms with van der Waals surface area (Å²) in [6.45, 7) is 7.42. The predicted molar refractivity (Wildman–Crippen MR) is 76.4 cm³/mol. The van der Waals surface area contributed by atoms with Gasteiger partial charge in [-0.2, -0.15) is 0 Å². The maximum Gasteiger partial charge on any atom is 0.0762 e. The first-order valence-electron chi connectivity index (χ1n) is 6.20. The number of aliphatic hydroxyl groups is 1. The topological polar surface area (TPSA) is 32.7 Å². The summed E-state index contributed by atoms with van der Waals surface area (Å²) in [4.78, 5) is 2.19. The second kappa shape index (κ2) is 6.98. The third-order valence-corrected chi connectivity index (χ3v) is 3.23. The zero-order chi connectivity index (χ0) is 13.7. The van der Waals surface area contributed by atoms with E-state index in [1.165, 1.54) is 0 Å². The van der Waals surface area contributed by atoms with Gasteiger partial charge in [0.25, 0.3) is 0 Å². The van der Waals surface area contributed by atoms with Crippen LogP contribution in [0.1, 0.15) is 32.4 Å². The summed E-state index contributed by atoms with van der Waals surface area (Å²) in [7, 11) is 1.69. The van der Waals surface area contributed by atoms with Gasteiger partial charge in [0.2, 0.25) is 0 Å². The van der Waals surface area contributed by atoms with E-state index in [0.29, 0.717) is 17.7 Å². The third-order valence-electron chi connectivity index (χ3n) is 2.92. The molecular weight excluding hydrogens is 250 g/mol. The van der Waals surface area contributed by atoms with Gasteiger partial charge in [0.15, 0.2) is 0 Å². The van der Waals surface area contributed by atoms with Crippen molar-refractivity contribution in [2.24, 2.45) is 0 Å². The Balaban J connectivity index is 2.98. The molecule has 102 valence electrons. The molecule has 1 unspecified atom stereocenters. The van der Waals surface area contributed by atoms with Crippen molar-refractivity contribution < 1.29 is 9.84 Å². The van der Waals surface area contributed by atoms with Gasteiger partial charge < -0.3 is 14.7 Å². The average molecular weight is 272 g/mol. The molecule has 0 amide bonds. The van der Waals surface area contributed by atoms with Crippen LogP contribution in [-0.2, 0) is 4.74 Å². The number of nitrogens with zero attached hydrogens (tertiary/aromatic N) is 1. The summed E-state index contributed by atoms with van der Waals surface area (Å²) >= 11 is 6.30. The molecule has 0 aliphatic heterocycles. The summed E-state index contributed by atoms with van der Waals surface area (Å²) in [5, 5.41) is 10.2. The van der Waals surface area contributed by atoms with E-state index in [1.807, 2.05) is 18.2 Å². The standard InChI is InChI=1S/C14H22ClNO2/c1-10(2)16(7-8-18-4)14-6-5-12(11(3)17)9-13(14)15/h5-6,9-11,17H,7-8H2,1-4H3. The van der Waals surface area contributed by atoms with Crippen LogP contribution in [0, 0.1) is 0 Å². The lowest BCUT2D eigenvalue weighted by molar-refractivity contribution is 0.199. The Kier molecular flexibility index (Phi) is 5.93. The summed E-state index contributed by atoms with van der Waals surface area (Å²) in [6, 6.07) is 6.03. The maximum absolute atomic E-state index is 9.54. The van der Waals surface area contributed by atoms with Crippen molar-refractivity contribution in [3.05, 3.63) is 28.8 Å². The van der Waals surface area contributed by atoms with Gasteiger partial charge in [-0.25, -0.2) is 0 Å². The molecule has 1 N–H and O–H groups in total. The van der Waals surface area contributed by atoms with Crippen LogP contribution >= 0.6 is 11.6 Å². The van der Waals surface area contributed by atoms with Gasteiger partial charge in [-0.1, -0.05) is 17.7 Å². The molecule has 1 aromatic carbocycles. The normalized spacial score (nSPS) is 12.8. The van der Waals surface area contributed by atoms with E-state index in [0.717, 1.165) is 17.8 Å². The minimum atomic E-state index is -0.497. The number of methoxy groups -OCH3 is 1. The van der Waals surface area contributed by atoms with Gasteiger partial charge in [-0.05, 0) is 38.5 Å². The fourth-order valence-electron chi connectivity index (χ4n) is 1.86. The number of benzene rings is 1. The highest BCUT2D eigenvalue weighted by Gasteiger charge is 2.14. The van der Waals surface area contributed by atoms with Crippen LogP contribution in [-0.4, -0.2) is 31.4 Å². The van der Waals surface area contributed by atoms with Crippen molar-refractivity contribution in [3.63, 3.8) is 0 Å². The fourth-order valence-corrected chi connectivity index (χ4v) is 2.16. The van der Waals surface area contributed by atoms with Gasteiger partial charge in [0, 0.05) is 19.7 Å². The van der Waals surface area contributed by atoms with Crippen molar-refractivity contribution in [1.29, 1.82) is 0 Å². The molecule has 0 radical (unpaired) electrons. The molecule has 18 heavy (non-hydrogen) atoms. The van der Waals surface area contributed by atoms with E-state index >= 15 is 0 Å². The molecule has 4 heteroatoms. The highest BCUT2D eigenvalue weighted by molar-refractivity contribution is 6.33. The summed E-state index contributed by atoms with van der Waals surface area (Å²) in [5.74, 6) is 0. The molecule has 3 nitrogen and oxygen atoms in total.